The number of nitrogens with one attached hydrogen (secondary N) is 1. The van der Waals surface area contributed by atoms with Crippen LogP contribution in [0.5, 0.6) is 6.01 Å². The molecule has 0 radical (unpaired) electrons. The van der Waals surface area contributed by atoms with E-state index >= 15 is 0 Å². The van der Waals surface area contributed by atoms with Crippen LogP contribution < -0.4 is 4.74 Å². The fourth-order valence-electron chi connectivity index (χ4n) is 2.82. The molecule has 1 heterocycles. The number of aromatic nitrogens is 3. The smallest absolute Gasteiger partial charge is 0.344 e. The number of nitrogens with zero attached hydrogens (tertiary/aromatic N) is 3. The Morgan fingerprint density at radius 3 is 2.94 bits per heavy atom. The van der Waals surface area contributed by atoms with Gasteiger partial charge in [-0.05, 0) is 36.9 Å². The summed E-state index contributed by atoms with van der Waals surface area (Å²) in [5.41, 5.74) is 1.68. The number of H-pyrrole nitrogens is 1. The van der Waals surface area contributed by atoms with Crippen molar-refractivity contribution in [3.63, 3.8) is 0 Å². The van der Waals surface area contributed by atoms with E-state index in [1.54, 1.807) is 32.4 Å². The van der Waals surface area contributed by atoms with Crippen LogP contribution in [0, 0.1) is 4.77 Å². The van der Waals surface area contributed by atoms with Gasteiger partial charge in [0.15, 0.2) is 6.61 Å². The van der Waals surface area contributed by atoms with E-state index in [2.05, 4.69) is 15.3 Å². The molecule has 0 bridgehead atoms. The number of hydrogen-bond acceptors (Lipinski definition) is 8. The zero-order valence-electron chi connectivity index (χ0n) is 17.6. The number of aromatic amines is 1. The van der Waals surface area contributed by atoms with Crippen molar-refractivity contribution in [2.24, 2.45) is 5.10 Å². The molecule has 0 spiro atoms. The SMILES string of the molecule is CCOC(=O)COC1=CC=C(/C=N/n2c(OCc3ccccc3Cl)n[nH]c2=S)CC1OC. The summed E-state index contributed by atoms with van der Waals surface area (Å²) in [5.74, 6) is 0.111. The van der Waals surface area contributed by atoms with Crippen molar-refractivity contribution in [3.05, 3.63) is 63.1 Å². The molecule has 0 amide bonds. The maximum Gasteiger partial charge on any atom is 0.344 e. The number of halogens is 1. The molecule has 0 saturated carbocycles. The molecular weight excluding hydrogens is 456 g/mol. The normalized spacial score (nSPS) is 15.9. The maximum atomic E-state index is 11.5. The molecule has 9 nitrogen and oxygen atoms in total. The van der Waals surface area contributed by atoms with Crippen LogP contribution in [0.1, 0.15) is 18.9 Å². The van der Waals surface area contributed by atoms with Crippen LogP contribution in [0.2, 0.25) is 5.02 Å². The van der Waals surface area contributed by atoms with Gasteiger partial charge in [0.05, 0.1) is 12.8 Å². The van der Waals surface area contributed by atoms with E-state index in [1.807, 2.05) is 24.3 Å². The van der Waals surface area contributed by atoms with Gasteiger partial charge in [0.25, 0.3) is 0 Å². The van der Waals surface area contributed by atoms with Crippen LogP contribution in [0.15, 0.2) is 52.9 Å². The van der Waals surface area contributed by atoms with Crippen molar-refractivity contribution in [3.8, 4) is 6.01 Å². The lowest BCUT2D eigenvalue weighted by atomic mass is 10.0. The minimum Gasteiger partial charge on any atom is -0.483 e. The topological polar surface area (TPSA) is 100.0 Å². The summed E-state index contributed by atoms with van der Waals surface area (Å²) >= 11 is 11.4. The molecule has 1 N–H and O–H groups in total. The molecule has 0 saturated heterocycles. The molecule has 1 aliphatic carbocycles. The quantitative estimate of drug-likeness (QED) is 0.315. The largest absolute Gasteiger partial charge is 0.483 e. The van der Waals surface area contributed by atoms with Crippen molar-refractivity contribution >= 4 is 36.0 Å². The number of benzene rings is 1. The van der Waals surface area contributed by atoms with E-state index in [4.69, 9.17) is 42.8 Å². The molecule has 11 heteroatoms. The predicted molar refractivity (Wildman–Crippen MR) is 121 cm³/mol. The first-order chi connectivity index (χ1) is 15.5. The fraction of sp³-hybridized carbons (Fsp3) is 0.333. The van der Waals surface area contributed by atoms with Crippen molar-refractivity contribution < 1.29 is 23.7 Å². The maximum absolute atomic E-state index is 11.5. The molecule has 0 aliphatic heterocycles. The first-order valence-corrected chi connectivity index (χ1v) is 10.6. The summed E-state index contributed by atoms with van der Waals surface area (Å²) in [7, 11) is 1.57. The number of esters is 1. The number of ether oxygens (including phenoxy) is 4. The molecule has 170 valence electrons. The van der Waals surface area contributed by atoms with Crippen molar-refractivity contribution in [1.82, 2.24) is 14.9 Å². The van der Waals surface area contributed by atoms with Gasteiger partial charge in [-0.1, -0.05) is 35.9 Å². The summed E-state index contributed by atoms with van der Waals surface area (Å²) < 4.78 is 23.3. The monoisotopic (exact) mass is 478 g/mol. The minimum atomic E-state index is -0.432. The zero-order chi connectivity index (χ0) is 22.9. The molecule has 0 fully saturated rings. The molecule has 1 atom stereocenters. The Labute approximate surface area is 195 Å². The fourth-order valence-corrected chi connectivity index (χ4v) is 3.18. The Morgan fingerprint density at radius 2 is 2.19 bits per heavy atom. The second kappa shape index (κ2) is 11.6. The lowest BCUT2D eigenvalue weighted by Gasteiger charge is -2.22. The van der Waals surface area contributed by atoms with Gasteiger partial charge in [0, 0.05) is 24.1 Å². The van der Waals surface area contributed by atoms with E-state index in [0.29, 0.717) is 23.8 Å². The summed E-state index contributed by atoms with van der Waals surface area (Å²) in [6.07, 6.45) is 5.34. The van der Waals surface area contributed by atoms with Crippen molar-refractivity contribution in [1.29, 1.82) is 0 Å². The van der Waals surface area contributed by atoms with Gasteiger partial charge in [0.2, 0.25) is 4.77 Å². The first-order valence-electron chi connectivity index (χ1n) is 9.81. The summed E-state index contributed by atoms with van der Waals surface area (Å²) in [4.78, 5) is 11.5. The molecule has 32 heavy (non-hydrogen) atoms. The highest BCUT2D eigenvalue weighted by molar-refractivity contribution is 7.71. The number of rotatable bonds is 10. The van der Waals surface area contributed by atoms with Gasteiger partial charge in [-0.25, -0.2) is 9.89 Å². The van der Waals surface area contributed by atoms with E-state index in [0.717, 1.165) is 11.1 Å². The molecule has 1 aromatic heterocycles. The van der Waals surface area contributed by atoms with Gasteiger partial charge in [-0.2, -0.15) is 9.78 Å². The van der Waals surface area contributed by atoms with Gasteiger partial charge in [0.1, 0.15) is 18.5 Å². The standard InChI is InChI=1S/C21H23ClN4O5S/c1-3-29-19(27)13-30-17-9-8-14(10-18(17)28-2)11-23-26-20(24-25-21(26)32)31-12-15-6-4-5-7-16(15)22/h4-9,11,18H,3,10,12-13H2,1-2H3,(H,25,32)/b23-11+. The van der Waals surface area contributed by atoms with Gasteiger partial charge < -0.3 is 18.9 Å². The Bertz CT molecular complexity index is 1090. The van der Waals surface area contributed by atoms with Crippen LogP contribution >= 0.6 is 23.8 Å². The average molecular weight is 479 g/mol. The third kappa shape index (κ3) is 6.28. The Morgan fingerprint density at radius 1 is 1.38 bits per heavy atom. The number of carbonyl (C=O) groups is 1. The number of methoxy groups -OCH3 is 1. The molecule has 3 rings (SSSR count). The van der Waals surface area contributed by atoms with E-state index in [-0.39, 0.29) is 30.1 Å². The highest BCUT2D eigenvalue weighted by Crippen LogP contribution is 2.22. The van der Waals surface area contributed by atoms with Crippen LogP contribution in [-0.4, -0.2) is 53.5 Å². The Balaban J connectivity index is 1.68. The van der Waals surface area contributed by atoms with Gasteiger partial charge >= 0.3 is 12.0 Å². The summed E-state index contributed by atoms with van der Waals surface area (Å²) in [6, 6.07) is 7.58. The summed E-state index contributed by atoms with van der Waals surface area (Å²) in [5, 5.41) is 11.7. The molecular formula is C21H23ClN4O5S. The zero-order valence-corrected chi connectivity index (χ0v) is 19.2. The van der Waals surface area contributed by atoms with E-state index in [1.165, 1.54) is 4.68 Å². The second-order valence-electron chi connectivity index (χ2n) is 6.58. The van der Waals surface area contributed by atoms with Crippen molar-refractivity contribution in [2.45, 2.75) is 26.1 Å². The Kier molecular flexibility index (Phi) is 8.60. The lowest BCUT2D eigenvalue weighted by Crippen LogP contribution is -2.22. The third-order valence-electron chi connectivity index (χ3n) is 4.42. The van der Waals surface area contributed by atoms with Crippen LogP contribution in [0.4, 0.5) is 0 Å². The van der Waals surface area contributed by atoms with Crippen LogP contribution in [-0.2, 0) is 25.6 Å². The number of hydrogen-bond donors (Lipinski definition) is 1. The minimum absolute atomic E-state index is 0.174. The van der Waals surface area contributed by atoms with Crippen LogP contribution in [0.25, 0.3) is 0 Å². The predicted octanol–water partition coefficient (Wildman–Crippen LogP) is 3.82. The van der Waals surface area contributed by atoms with Crippen LogP contribution in [0.3, 0.4) is 0 Å². The molecule has 2 aromatic rings. The van der Waals surface area contributed by atoms with Gasteiger partial charge in [-0.15, -0.1) is 5.10 Å². The van der Waals surface area contributed by atoms with E-state index < -0.39 is 5.97 Å². The van der Waals surface area contributed by atoms with Gasteiger partial charge in [-0.3, -0.25) is 0 Å². The molecule has 1 unspecified atom stereocenters. The lowest BCUT2D eigenvalue weighted by molar-refractivity contribution is -0.147. The average Bonchev–Trinajstić information content (AvgIpc) is 3.15. The Hall–Kier alpha value is -2.95. The number of carbonyl (C=O) groups excluding carboxylic acids is 1. The highest BCUT2D eigenvalue weighted by Gasteiger charge is 2.21. The first kappa shape index (κ1) is 23.7. The third-order valence-corrected chi connectivity index (χ3v) is 5.05. The second-order valence-corrected chi connectivity index (χ2v) is 7.37. The molecule has 1 aliphatic rings. The number of allylic oxidation sites excluding steroid dienone is 2. The van der Waals surface area contributed by atoms with Crippen molar-refractivity contribution in [2.75, 3.05) is 20.3 Å². The highest BCUT2D eigenvalue weighted by atomic mass is 35.5. The van der Waals surface area contributed by atoms with E-state index in [9.17, 15) is 4.79 Å². The summed E-state index contributed by atoms with van der Waals surface area (Å²) in [6.45, 7) is 2.08. The molecule has 1 aromatic carbocycles.